The zero-order valence-corrected chi connectivity index (χ0v) is 16.8. The summed E-state index contributed by atoms with van der Waals surface area (Å²) in [6, 6.07) is 5.83. The monoisotopic (exact) mass is 404 g/mol. The van der Waals surface area contributed by atoms with Gasteiger partial charge in [-0.15, -0.1) is 0 Å². The molecule has 1 unspecified atom stereocenters. The molecule has 0 aliphatic carbocycles. The summed E-state index contributed by atoms with van der Waals surface area (Å²) in [5, 5.41) is 14.3. The number of carbonyl (C=O) groups is 2. The third-order valence-corrected chi connectivity index (χ3v) is 4.41. The first kappa shape index (κ1) is 22.1. The van der Waals surface area contributed by atoms with Crippen LogP contribution in [0.25, 0.3) is 0 Å². The van der Waals surface area contributed by atoms with E-state index in [1.165, 1.54) is 25.3 Å². The Bertz CT molecular complexity index is 873. The third-order valence-electron chi connectivity index (χ3n) is 4.41. The molecule has 0 bridgehead atoms. The lowest BCUT2D eigenvalue weighted by Crippen LogP contribution is -2.32. The van der Waals surface area contributed by atoms with Crippen molar-refractivity contribution >= 4 is 17.6 Å². The van der Waals surface area contributed by atoms with Gasteiger partial charge in [0.2, 0.25) is 0 Å². The quantitative estimate of drug-likeness (QED) is 0.304. The van der Waals surface area contributed by atoms with Gasteiger partial charge in [0.15, 0.2) is 0 Å². The van der Waals surface area contributed by atoms with Gasteiger partial charge in [0.1, 0.15) is 6.61 Å². The number of rotatable bonds is 8. The highest BCUT2D eigenvalue weighted by Gasteiger charge is 2.38. The average molecular weight is 404 g/mol. The fourth-order valence-corrected chi connectivity index (χ4v) is 3.19. The molecule has 1 aliphatic rings. The normalized spacial score (nSPS) is 16.3. The van der Waals surface area contributed by atoms with Crippen molar-refractivity contribution in [1.82, 2.24) is 5.32 Å². The van der Waals surface area contributed by atoms with Gasteiger partial charge in [0.25, 0.3) is 5.69 Å². The highest BCUT2D eigenvalue weighted by atomic mass is 16.6. The van der Waals surface area contributed by atoms with Crippen molar-refractivity contribution in [3.63, 3.8) is 0 Å². The number of carbonyl (C=O) groups excluding carboxylic acids is 2. The van der Waals surface area contributed by atoms with Gasteiger partial charge < -0.3 is 19.5 Å². The number of methoxy groups -OCH3 is 1. The molecule has 2 rings (SSSR count). The van der Waals surface area contributed by atoms with Gasteiger partial charge in [-0.05, 0) is 26.3 Å². The largest absolute Gasteiger partial charge is 0.463 e. The maximum Gasteiger partial charge on any atom is 0.336 e. The summed E-state index contributed by atoms with van der Waals surface area (Å²) in [6.45, 7) is 5.44. The van der Waals surface area contributed by atoms with E-state index < -0.39 is 22.8 Å². The van der Waals surface area contributed by atoms with Gasteiger partial charge in [-0.1, -0.05) is 12.1 Å². The van der Waals surface area contributed by atoms with Crippen LogP contribution in [-0.2, 0) is 23.8 Å². The molecule has 29 heavy (non-hydrogen) atoms. The van der Waals surface area contributed by atoms with Crippen molar-refractivity contribution in [2.75, 3.05) is 26.9 Å². The van der Waals surface area contributed by atoms with Gasteiger partial charge in [-0.3, -0.25) is 10.1 Å². The SMILES string of the molecule is CCOC(=O)C1=C(C)NC(C)=C(C(=O)OCCOC)C1c1cccc([N+](=O)[O-])c1. The van der Waals surface area contributed by atoms with Crippen LogP contribution in [0.15, 0.2) is 46.8 Å². The van der Waals surface area contributed by atoms with Crippen molar-refractivity contribution in [3.8, 4) is 0 Å². The minimum atomic E-state index is -0.870. The second-order valence-electron chi connectivity index (χ2n) is 6.34. The second kappa shape index (κ2) is 9.83. The van der Waals surface area contributed by atoms with E-state index in [0.29, 0.717) is 17.0 Å². The smallest absolute Gasteiger partial charge is 0.336 e. The molecule has 1 N–H and O–H groups in total. The third kappa shape index (κ3) is 5.00. The van der Waals surface area contributed by atoms with Crippen LogP contribution in [-0.4, -0.2) is 43.8 Å². The number of non-ortho nitro benzene ring substituents is 1. The number of hydrogen-bond acceptors (Lipinski definition) is 8. The first-order chi connectivity index (χ1) is 13.8. The summed E-state index contributed by atoms with van der Waals surface area (Å²) in [5.41, 5.74) is 1.67. The lowest BCUT2D eigenvalue weighted by Gasteiger charge is -2.30. The van der Waals surface area contributed by atoms with Gasteiger partial charge in [0, 0.05) is 30.6 Å². The fraction of sp³-hybridized carbons (Fsp3) is 0.400. The van der Waals surface area contributed by atoms with Crippen LogP contribution in [0.5, 0.6) is 0 Å². The van der Waals surface area contributed by atoms with Crippen LogP contribution >= 0.6 is 0 Å². The summed E-state index contributed by atoms with van der Waals surface area (Å²) >= 11 is 0. The van der Waals surface area contributed by atoms with Crippen LogP contribution in [0.1, 0.15) is 32.3 Å². The molecule has 0 saturated heterocycles. The number of ether oxygens (including phenoxy) is 3. The van der Waals surface area contributed by atoms with Crippen molar-refractivity contribution < 1.29 is 28.7 Å². The van der Waals surface area contributed by atoms with E-state index in [2.05, 4.69) is 5.32 Å². The lowest BCUT2D eigenvalue weighted by molar-refractivity contribution is -0.384. The Labute approximate surface area is 168 Å². The van der Waals surface area contributed by atoms with Gasteiger partial charge in [0.05, 0.1) is 35.2 Å². The number of dihydropyridines is 1. The Morgan fingerprint density at radius 2 is 1.72 bits per heavy atom. The van der Waals surface area contributed by atoms with Crippen molar-refractivity contribution in [2.45, 2.75) is 26.7 Å². The summed E-state index contributed by atoms with van der Waals surface area (Å²) in [5.74, 6) is -2.12. The Morgan fingerprint density at radius 3 is 2.28 bits per heavy atom. The molecule has 9 nitrogen and oxygen atoms in total. The van der Waals surface area contributed by atoms with E-state index in [4.69, 9.17) is 14.2 Å². The van der Waals surface area contributed by atoms with Gasteiger partial charge >= 0.3 is 11.9 Å². The molecule has 1 aromatic carbocycles. The molecule has 1 aliphatic heterocycles. The molecule has 0 saturated carbocycles. The molecule has 0 radical (unpaired) electrons. The molecule has 156 valence electrons. The summed E-state index contributed by atoms with van der Waals surface area (Å²) < 4.78 is 15.4. The zero-order valence-electron chi connectivity index (χ0n) is 16.8. The predicted molar refractivity (Wildman–Crippen MR) is 104 cm³/mol. The first-order valence-electron chi connectivity index (χ1n) is 9.07. The number of allylic oxidation sites excluding steroid dienone is 2. The fourth-order valence-electron chi connectivity index (χ4n) is 3.19. The minimum Gasteiger partial charge on any atom is -0.463 e. The van der Waals surface area contributed by atoms with E-state index in [1.54, 1.807) is 26.8 Å². The van der Waals surface area contributed by atoms with E-state index in [1.807, 2.05) is 0 Å². The molecule has 1 atom stereocenters. The molecule has 1 heterocycles. The summed E-state index contributed by atoms with van der Waals surface area (Å²) in [7, 11) is 1.48. The molecule has 1 aromatic rings. The molecule has 0 spiro atoms. The van der Waals surface area contributed by atoms with Crippen molar-refractivity contribution in [3.05, 3.63) is 62.5 Å². The summed E-state index contributed by atoms with van der Waals surface area (Å²) in [4.78, 5) is 36.2. The van der Waals surface area contributed by atoms with Gasteiger partial charge in [-0.25, -0.2) is 9.59 Å². The molecular weight excluding hydrogens is 380 g/mol. The second-order valence-corrected chi connectivity index (χ2v) is 6.34. The maximum absolute atomic E-state index is 12.8. The minimum absolute atomic E-state index is 0.0329. The van der Waals surface area contributed by atoms with Crippen LogP contribution in [0, 0.1) is 10.1 Å². The predicted octanol–water partition coefficient (Wildman–Crippen LogP) is 2.58. The average Bonchev–Trinajstić information content (AvgIpc) is 2.67. The van der Waals surface area contributed by atoms with E-state index in [-0.39, 0.29) is 36.7 Å². The molecular formula is C20H24N2O7. The van der Waals surface area contributed by atoms with E-state index >= 15 is 0 Å². The maximum atomic E-state index is 12.8. The van der Waals surface area contributed by atoms with Crippen LogP contribution in [0.2, 0.25) is 0 Å². The number of hydrogen-bond donors (Lipinski definition) is 1. The topological polar surface area (TPSA) is 117 Å². The highest BCUT2D eigenvalue weighted by Crippen LogP contribution is 2.40. The number of benzene rings is 1. The zero-order chi connectivity index (χ0) is 21.6. The first-order valence-corrected chi connectivity index (χ1v) is 9.07. The van der Waals surface area contributed by atoms with Gasteiger partial charge in [-0.2, -0.15) is 0 Å². The molecule has 0 aromatic heterocycles. The van der Waals surface area contributed by atoms with Crippen LogP contribution in [0.3, 0.4) is 0 Å². The summed E-state index contributed by atoms with van der Waals surface area (Å²) in [6.07, 6.45) is 0. The van der Waals surface area contributed by atoms with Crippen LogP contribution in [0.4, 0.5) is 5.69 Å². The number of nitro benzene ring substituents is 1. The Hall–Kier alpha value is -3.20. The number of nitro groups is 1. The van der Waals surface area contributed by atoms with Crippen LogP contribution < -0.4 is 5.32 Å². The Morgan fingerprint density at radius 1 is 1.10 bits per heavy atom. The standard InChI is InChI=1S/C20H24N2O7/c1-5-28-19(23)16-12(2)21-13(3)17(20(24)29-10-9-27-4)18(16)14-7-6-8-15(11-14)22(25)26/h6-8,11,18,21H,5,9-10H2,1-4H3. The highest BCUT2D eigenvalue weighted by molar-refractivity contribution is 5.99. The Kier molecular flexibility index (Phi) is 7.49. The number of nitrogens with one attached hydrogen (secondary N) is 1. The van der Waals surface area contributed by atoms with E-state index in [0.717, 1.165) is 0 Å². The molecule has 0 fully saturated rings. The number of esters is 2. The molecule has 9 heteroatoms. The molecule has 0 amide bonds. The van der Waals surface area contributed by atoms with Crippen molar-refractivity contribution in [1.29, 1.82) is 0 Å². The Balaban J connectivity index is 2.59. The number of nitrogens with zero attached hydrogens (tertiary/aromatic N) is 1. The van der Waals surface area contributed by atoms with Crippen molar-refractivity contribution in [2.24, 2.45) is 0 Å². The lowest BCUT2D eigenvalue weighted by atomic mass is 9.80. The van der Waals surface area contributed by atoms with E-state index in [9.17, 15) is 19.7 Å².